The highest BCUT2D eigenvalue weighted by atomic mass is 16.5. The highest BCUT2D eigenvalue weighted by Crippen LogP contribution is 2.32. The molecule has 39 heavy (non-hydrogen) atoms. The first-order valence-electron chi connectivity index (χ1n) is 12.6. The number of carboxylic acid groups (broad SMARTS) is 1. The Bertz CT molecular complexity index is 1330. The zero-order chi connectivity index (χ0) is 28.4. The van der Waals surface area contributed by atoms with E-state index in [0.717, 1.165) is 5.56 Å². The molecule has 0 aliphatic carbocycles. The lowest BCUT2D eigenvalue weighted by molar-refractivity contribution is -0.139. The first-order valence-corrected chi connectivity index (χ1v) is 12.6. The molecule has 3 rings (SSSR count). The van der Waals surface area contributed by atoms with Crippen LogP contribution < -0.4 is 15.0 Å². The van der Waals surface area contributed by atoms with Gasteiger partial charge in [-0.2, -0.15) is 0 Å². The number of aliphatic carboxylic acids is 1. The van der Waals surface area contributed by atoms with E-state index in [1.807, 2.05) is 44.2 Å². The number of carboxylic acids is 1. The lowest BCUT2D eigenvalue weighted by Gasteiger charge is -2.24. The first-order chi connectivity index (χ1) is 18.7. The summed E-state index contributed by atoms with van der Waals surface area (Å²) in [7, 11) is 0. The summed E-state index contributed by atoms with van der Waals surface area (Å²) in [5.74, 6) is -2.43. The van der Waals surface area contributed by atoms with Crippen LogP contribution in [0.25, 0.3) is 6.08 Å². The monoisotopic (exact) mass is 532 g/mol. The number of phenols is 2. The molecule has 0 radical (unpaired) electrons. The molecule has 0 heterocycles. The number of aromatic hydroxyl groups is 2. The zero-order valence-corrected chi connectivity index (χ0v) is 21.8. The number of phenolic OH excluding ortho intramolecular Hbond substituents is 2. The Labute approximate surface area is 227 Å². The fourth-order valence-corrected chi connectivity index (χ4v) is 3.91. The summed E-state index contributed by atoms with van der Waals surface area (Å²) in [6.45, 7) is 3.43. The predicted octanol–water partition coefficient (Wildman–Crippen LogP) is 5.18. The Balaban J connectivity index is 2.00. The number of ether oxygens (including phenoxy) is 1. The summed E-state index contributed by atoms with van der Waals surface area (Å²) in [5.41, 5.74) is 2.07. The van der Waals surface area contributed by atoms with Crippen LogP contribution in [0.3, 0.4) is 0 Å². The molecular weight excluding hydrogens is 500 g/mol. The SMILES string of the molecule is CCC(CC)C(=O)Nc1cc(N(Cc2ccccc2)C(=O)/C=C/c2ccc(O)c(O)c2)ccc1OCC(=O)O. The molecule has 0 aromatic heterocycles. The fraction of sp³-hybridized carbons (Fsp3) is 0.233. The van der Waals surface area contributed by atoms with E-state index in [1.165, 1.54) is 35.3 Å². The van der Waals surface area contributed by atoms with Crippen LogP contribution in [0, 0.1) is 5.92 Å². The van der Waals surface area contributed by atoms with Crippen molar-refractivity contribution >= 4 is 35.2 Å². The Morgan fingerprint density at radius 2 is 1.67 bits per heavy atom. The number of hydrogen-bond acceptors (Lipinski definition) is 6. The van der Waals surface area contributed by atoms with Gasteiger partial charge in [-0.05, 0) is 60.4 Å². The molecule has 0 saturated heterocycles. The van der Waals surface area contributed by atoms with Gasteiger partial charge in [0.05, 0.1) is 12.2 Å². The number of carbonyl (C=O) groups excluding carboxylic acids is 2. The molecule has 2 amide bonds. The Morgan fingerprint density at radius 1 is 0.949 bits per heavy atom. The zero-order valence-electron chi connectivity index (χ0n) is 21.8. The predicted molar refractivity (Wildman–Crippen MR) is 149 cm³/mol. The number of benzene rings is 3. The van der Waals surface area contributed by atoms with Gasteiger partial charge >= 0.3 is 5.97 Å². The van der Waals surface area contributed by atoms with E-state index >= 15 is 0 Å². The topological polar surface area (TPSA) is 136 Å². The van der Waals surface area contributed by atoms with E-state index in [9.17, 15) is 24.6 Å². The summed E-state index contributed by atoms with van der Waals surface area (Å²) >= 11 is 0. The van der Waals surface area contributed by atoms with Crippen LogP contribution in [-0.2, 0) is 20.9 Å². The standard InChI is InChI=1S/C30H32N2O7/c1-3-22(4-2)30(38)31-24-17-23(12-14-27(24)39-19-29(36)37)32(18-21-8-6-5-7-9-21)28(35)15-11-20-10-13-25(33)26(34)16-20/h5-17,22,33-34H,3-4,18-19H2,1-2H3,(H,31,38)(H,36,37)/b15-11+. The summed E-state index contributed by atoms with van der Waals surface area (Å²) < 4.78 is 5.41. The molecule has 3 aromatic rings. The van der Waals surface area contributed by atoms with E-state index in [2.05, 4.69) is 5.32 Å². The molecule has 204 valence electrons. The van der Waals surface area contributed by atoms with Crippen LogP contribution in [0.1, 0.15) is 37.8 Å². The molecule has 0 fully saturated rings. The highest BCUT2D eigenvalue weighted by Gasteiger charge is 2.20. The number of carbonyl (C=O) groups is 3. The normalized spacial score (nSPS) is 10.9. The lowest BCUT2D eigenvalue weighted by Crippen LogP contribution is -2.29. The molecule has 4 N–H and O–H groups in total. The van der Waals surface area contributed by atoms with Crippen molar-refractivity contribution < 1.29 is 34.4 Å². The van der Waals surface area contributed by atoms with Gasteiger partial charge in [0, 0.05) is 17.7 Å². The lowest BCUT2D eigenvalue weighted by atomic mass is 10.0. The fourth-order valence-electron chi connectivity index (χ4n) is 3.91. The molecule has 9 heteroatoms. The number of nitrogens with zero attached hydrogens (tertiary/aromatic N) is 1. The van der Waals surface area contributed by atoms with Crippen molar-refractivity contribution in [1.29, 1.82) is 0 Å². The minimum atomic E-state index is -1.16. The minimum absolute atomic E-state index is 0.169. The third-order valence-electron chi connectivity index (χ3n) is 6.11. The molecular formula is C30H32N2O7. The molecule has 3 aromatic carbocycles. The van der Waals surface area contributed by atoms with E-state index < -0.39 is 12.6 Å². The maximum atomic E-state index is 13.4. The van der Waals surface area contributed by atoms with Crippen molar-refractivity contribution in [2.24, 2.45) is 5.92 Å². The number of hydrogen-bond donors (Lipinski definition) is 4. The van der Waals surface area contributed by atoms with Crippen molar-refractivity contribution in [3.8, 4) is 17.2 Å². The van der Waals surface area contributed by atoms with E-state index in [1.54, 1.807) is 18.2 Å². The van der Waals surface area contributed by atoms with Gasteiger partial charge in [-0.3, -0.25) is 9.59 Å². The van der Waals surface area contributed by atoms with Crippen molar-refractivity contribution in [2.45, 2.75) is 33.2 Å². The molecule has 0 atom stereocenters. The summed E-state index contributed by atoms with van der Waals surface area (Å²) in [6, 6.07) is 18.3. The maximum absolute atomic E-state index is 13.4. The number of nitrogens with one attached hydrogen (secondary N) is 1. The van der Waals surface area contributed by atoms with Crippen LogP contribution in [0.5, 0.6) is 17.2 Å². The van der Waals surface area contributed by atoms with Crippen LogP contribution in [-0.4, -0.2) is 39.7 Å². The molecule has 0 aliphatic rings. The van der Waals surface area contributed by atoms with Crippen LogP contribution in [0.15, 0.2) is 72.8 Å². The minimum Gasteiger partial charge on any atom is -0.504 e. The van der Waals surface area contributed by atoms with E-state index in [0.29, 0.717) is 24.1 Å². The van der Waals surface area contributed by atoms with Gasteiger partial charge in [0.2, 0.25) is 5.91 Å². The van der Waals surface area contributed by atoms with Crippen molar-refractivity contribution in [3.63, 3.8) is 0 Å². The smallest absolute Gasteiger partial charge is 0.341 e. The quantitative estimate of drug-likeness (QED) is 0.186. The summed E-state index contributed by atoms with van der Waals surface area (Å²) in [5, 5.41) is 31.2. The van der Waals surface area contributed by atoms with Crippen LogP contribution in [0.2, 0.25) is 0 Å². The van der Waals surface area contributed by atoms with E-state index in [-0.39, 0.29) is 47.2 Å². The second kappa shape index (κ2) is 13.7. The van der Waals surface area contributed by atoms with Gasteiger partial charge < -0.3 is 30.3 Å². The number of rotatable bonds is 12. The van der Waals surface area contributed by atoms with Gasteiger partial charge in [0.25, 0.3) is 5.91 Å². The summed E-state index contributed by atoms with van der Waals surface area (Å²) in [4.78, 5) is 38.9. The molecule has 0 unspecified atom stereocenters. The molecule has 0 saturated carbocycles. The van der Waals surface area contributed by atoms with Crippen LogP contribution >= 0.6 is 0 Å². The van der Waals surface area contributed by atoms with Crippen LogP contribution in [0.4, 0.5) is 11.4 Å². The Hall–Kier alpha value is -4.79. The van der Waals surface area contributed by atoms with Crippen molar-refractivity contribution in [2.75, 3.05) is 16.8 Å². The largest absolute Gasteiger partial charge is 0.504 e. The van der Waals surface area contributed by atoms with Gasteiger partial charge in [0.1, 0.15) is 5.75 Å². The highest BCUT2D eigenvalue weighted by molar-refractivity contribution is 6.04. The van der Waals surface area contributed by atoms with Gasteiger partial charge in [-0.25, -0.2) is 4.79 Å². The molecule has 0 bridgehead atoms. The molecule has 9 nitrogen and oxygen atoms in total. The van der Waals surface area contributed by atoms with Gasteiger partial charge in [-0.15, -0.1) is 0 Å². The van der Waals surface area contributed by atoms with Crippen molar-refractivity contribution in [1.82, 2.24) is 0 Å². The average molecular weight is 533 g/mol. The van der Waals surface area contributed by atoms with Gasteiger partial charge in [-0.1, -0.05) is 50.2 Å². The van der Waals surface area contributed by atoms with Gasteiger partial charge in [0.15, 0.2) is 18.1 Å². The Morgan fingerprint density at radius 3 is 2.31 bits per heavy atom. The third kappa shape index (κ3) is 8.10. The number of amides is 2. The average Bonchev–Trinajstić information content (AvgIpc) is 2.92. The third-order valence-corrected chi connectivity index (χ3v) is 6.11. The van der Waals surface area contributed by atoms with Crippen molar-refractivity contribution in [3.05, 3.63) is 83.9 Å². The Kier molecular flexibility index (Phi) is 10.1. The summed E-state index contributed by atoms with van der Waals surface area (Å²) in [6.07, 6.45) is 4.11. The maximum Gasteiger partial charge on any atom is 0.341 e. The first kappa shape index (κ1) is 28.8. The molecule has 0 spiro atoms. The second-order valence-electron chi connectivity index (χ2n) is 8.86. The second-order valence-corrected chi connectivity index (χ2v) is 8.86. The van der Waals surface area contributed by atoms with E-state index in [4.69, 9.17) is 9.84 Å². The molecule has 0 aliphatic heterocycles. The number of anilines is 2.